The number of hydrogen-bond acceptors (Lipinski definition) is 3. The number of nitrogens with zero attached hydrogens (tertiary/aromatic N) is 2. The summed E-state index contributed by atoms with van der Waals surface area (Å²) in [7, 11) is 0. The van der Waals surface area contributed by atoms with Gasteiger partial charge in [0, 0.05) is 17.7 Å². The molecule has 19 heavy (non-hydrogen) atoms. The second-order valence-electron chi connectivity index (χ2n) is 5.73. The van der Waals surface area contributed by atoms with Gasteiger partial charge in [-0.05, 0) is 44.9 Å². The van der Waals surface area contributed by atoms with E-state index in [0.29, 0.717) is 17.0 Å². The first kappa shape index (κ1) is 12.8. The molecule has 1 aromatic heterocycles. The highest BCUT2D eigenvalue weighted by molar-refractivity contribution is 6.31. The van der Waals surface area contributed by atoms with E-state index in [9.17, 15) is 0 Å². The minimum absolute atomic E-state index is 0.113. The maximum absolute atomic E-state index is 6.09. The Morgan fingerprint density at radius 2 is 2.26 bits per heavy atom. The number of fused-ring (bicyclic) bond motifs is 1. The van der Waals surface area contributed by atoms with Gasteiger partial charge in [-0.1, -0.05) is 11.6 Å². The van der Waals surface area contributed by atoms with E-state index >= 15 is 0 Å². The lowest BCUT2D eigenvalue weighted by atomic mass is 9.93. The number of halogens is 1. The van der Waals surface area contributed by atoms with Crippen molar-refractivity contribution in [3.05, 3.63) is 23.2 Å². The van der Waals surface area contributed by atoms with Gasteiger partial charge in [0.2, 0.25) is 5.95 Å². The lowest BCUT2D eigenvalue weighted by molar-refractivity contribution is -0.0682. The molecule has 102 valence electrons. The molecule has 0 spiro atoms. The van der Waals surface area contributed by atoms with Crippen molar-refractivity contribution in [2.24, 2.45) is 0 Å². The SMILES string of the molecule is CC1(C)CC(n2c(N)nc3cc(Cl)ccc32)CCO1. The summed E-state index contributed by atoms with van der Waals surface area (Å²) in [6, 6.07) is 6.05. The van der Waals surface area contributed by atoms with Crippen molar-refractivity contribution in [1.29, 1.82) is 0 Å². The molecule has 3 rings (SSSR count). The van der Waals surface area contributed by atoms with Crippen LogP contribution in [-0.4, -0.2) is 21.8 Å². The fourth-order valence-corrected chi connectivity index (χ4v) is 3.06. The second kappa shape index (κ2) is 4.39. The topological polar surface area (TPSA) is 53.1 Å². The predicted octanol–water partition coefficient (Wildman–Crippen LogP) is 3.40. The van der Waals surface area contributed by atoms with Gasteiger partial charge in [0.25, 0.3) is 0 Å². The summed E-state index contributed by atoms with van der Waals surface area (Å²) in [5, 5.41) is 0.685. The first-order valence-electron chi connectivity index (χ1n) is 6.53. The molecule has 1 fully saturated rings. The number of rotatable bonds is 1. The van der Waals surface area contributed by atoms with Crippen LogP contribution in [-0.2, 0) is 4.74 Å². The van der Waals surface area contributed by atoms with Gasteiger partial charge in [0.05, 0.1) is 16.6 Å². The number of benzene rings is 1. The molecule has 4 nitrogen and oxygen atoms in total. The lowest BCUT2D eigenvalue weighted by Crippen LogP contribution is -2.35. The Kier molecular flexibility index (Phi) is 2.95. The van der Waals surface area contributed by atoms with Gasteiger partial charge >= 0.3 is 0 Å². The third-order valence-electron chi connectivity index (χ3n) is 3.72. The van der Waals surface area contributed by atoms with Crippen molar-refractivity contribution < 1.29 is 4.74 Å². The highest BCUT2D eigenvalue weighted by atomic mass is 35.5. The van der Waals surface area contributed by atoms with Crippen LogP contribution in [0.5, 0.6) is 0 Å². The summed E-state index contributed by atoms with van der Waals surface area (Å²) < 4.78 is 7.89. The minimum atomic E-state index is -0.113. The molecule has 1 atom stereocenters. The third kappa shape index (κ3) is 2.30. The van der Waals surface area contributed by atoms with E-state index in [0.717, 1.165) is 30.5 Å². The van der Waals surface area contributed by atoms with Gasteiger partial charge in [-0.2, -0.15) is 0 Å². The molecule has 0 amide bonds. The molecule has 2 heterocycles. The zero-order chi connectivity index (χ0) is 13.6. The molecule has 0 radical (unpaired) electrons. The van der Waals surface area contributed by atoms with E-state index in [-0.39, 0.29) is 5.60 Å². The first-order valence-corrected chi connectivity index (χ1v) is 6.91. The Balaban J connectivity index is 2.07. The Morgan fingerprint density at radius 1 is 1.47 bits per heavy atom. The average Bonchev–Trinajstić information content (AvgIpc) is 2.62. The molecule has 1 aliphatic heterocycles. The summed E-state index contributed by atoms with van der Waals surface area (Å²) in [6.45, 7) is 4.99. The smallest absolute Gasteiger partial charge is 0.201 e. The van der Waals surface area contributed by atoms with E-state index in [2.05, 4.69) is 23.4 Å². The van der Waals surface area contributed by atoms with Crippen LogP contribution >= 0.6 is 11.6 Å². The quantitative estimate of drug-likeness (QED) is 0.870. The number of nitrogen functional groups attached to an aromatic ring is 1. The summed E-state index contributed by atoms with van der Waals surface area (Å²) in [6.07, 6.45) is 1.90. The zero-order valence-electron chi connectivity index (χ0n) is 11.2. The van der Waals surface area contributed by atoms with Gasteiger partial charge in [-0.25, -0.2) is 4.98 Å². The Morgan fingerprint density at radius 3 is 3.00 bits per heavy atom. The van der Waals surface area contributed by atoms with Crippen LogP contribution in [0.3, 0.4) is 0 Å². The Hall–Kier alpha value is -1.26. The van der Waals surface area contributed by atoms with Gasteiger partial charge < -0.3 is 15.0 Å². The van der Waals surface area contributed by atoms with E-state index in [1.807, 2.05) is 18.2 Å². The standard InChI is InChI=1S/C14H18ClN3O/c1-14(2)8-10(5-6-19-14)18-12-4-3-9(15)7-11(12)17-13(18)16/h3-4,7,10H,5-6,8H2,1-2H3,(H2,16,17). The molecule has 2 aromatic rings. The predicted molar refractivity (Wildman–Crippen MR) is 77.5 cm³/mol. The van der Waals surface area contributed by atoms with Crippen LogP contribution in [0.2, 0.25) is 5.02 Å². The molecule has 1 saturated heterocycles. The molecule has 1 aromatic carbocycles. The summed E-state index contributed by atoms with van der Waals surface area (Å²) in [5.41, 5.74) is 7.88. The van der Waals surface area contributed by atoms with Crippen molar-refractivity contribution in [1.82, 2.24) is 9.55 Å². The number of anilines is 1. The minimum Gasteiger partial charge on any atom is -0.375 e. The number of hydrogen-bond donors (Lipinski definition) is 1. The maximum atomic E-state index is 6.09. The van der Waals surface area contributed by atoms with Crippen LogP contribution in [0.1, 0.15) is 32.7 Å². The highest BCUT2D eigenvalue weighted by Crippen LogP contribution is 2.36. The first-order chi connectivity index (χ1) is 8.96. The monoisotopic (exact) mass is 279 g/mol. The van der Waals surface area contributed by atoms with E-state index in [1.54, 1.807) is 0 Å². The van der Waals surface area contributed by atoms with E-state index < -0.39 is 0 Å². The molecule has 2 N–H and O–H groups in total. The fourth-order valence-electron chi connectivity index (χ4n) is 2.89. The number of ether oxygens (including phenoxy) is 1. The molecule has 0 bridgehead atoms. The molecule has 0 aliphatic carbocycles. The Labute approximate surface area is 117 Å². The number of aromatic nitrogens is 2. The van der Waals surface area contributed by atoms with Gasteiger partial charge in [0.15, 0.2) is 0 Å². The molecule has 0 saturated carbocycles. The van der Waals surface area contributed by atoms with E-state index in [1.165, 1.54) is 0 Å². The summed E-state index contributed by atoms with van der Waals surface area (Å²) in [4.78, 5) is 4.41. The van der Waals surface area contributed by atoms with Crippen molar-refractivity contribution in [3.8, 4) is 0 Å². The van der Waals surface area contributed by atoms with Crippen LogP contribution in [0.25, 0.3) is 11.0 Å². The van der Waals surface area contributed by atoms with Crippen molar-refractivity contribution in [2.75, 3.05) is 12.3 Å². The van der Waals surface area contributed by atoms with Gasteiger partial charge in [-0.3, -0.25) is 0 Å². The van der Waals surface area contributed by atoms with Crippen LogP contribution < -0.4 is 5.73 Å². The van der Waals surface area contributed by atoms with Crippen molar-refractivity contribution in [3.63, 3.8) is 0 Å². The molecule has 1 aliphatic rings. The van der Waals surface area contributed by atoms with Crippen LogP contribution in [0, 0.1) is 0 Å². The van der Waals surface area contributed by atoms with E-state index in [4.69, 9.17) is 22.1 Å². The number of nitrogens with two attached hydrogens (primary N) is 1. The fraction of sp³-hybridized carbons (Fsp3) is 0.500. The molecule has 1 unspecified atom stereocenters. The third-order valence-corrected chi connectivity index (χ3v) is 3.95. The summed E-state index contributed by atoms with van der Waals surface area (Å²) in [5.74, 6) is 0.556. The highest BCUT2D eigenvalue weighted by Gasteiger charge is 2.31. The van der Waals surface area contributed by atoms with Crippen LogP contribution in [0.4, 0.5) is 5.95 Å². The number of imidazole rings is 1. The van der Waals surface area contributed by atoms with Crippen molar-refractivity contribution >= 4 is 28.6 Å². The molecule has 5 heteroatoms. The largest absolute Gasteiger partial charge is 0.375 e. The average molecular weight is 280 g/mol. The van der Waals surface area contributed by atoms with Gasteiger partial charge in [0.1, 0.15) is 0 Å². The van der Waals surface area contributed by atoms with Crippen molar-refractivity contribution in [2.45, 2.75) is 38.3 Å². The summed E-state index contributed by atoms with van der Waals surface area (Å²) >= 11 is 6.00. The zero-order valence-corrected chi connectivity index (χ0v) is 11.9. The maximum Gasteiger partial charge on any atom is 0.201 e. The van der Waals surface area contributed by atoms with Gasteiger partial charge in [-0.15, -0.1) is 0 Å². The lowest BCUT2D eigenvalue weighted by Gasteiger charge is -2.36. The Bertz CT molecular complexity index is 620. The normalized spacial score (nSPS) is 22.8. The second-order valence-corrected chi connectivity index (χ2v) is 6.16. The molecular weight excluding hydrogens is 262 g/mol. The molecular formula is C14H18ClN3O. The van der Waals surface area contributed by atoms with Crippen LogP contribution in [0.15, 0.2) is 18.2 Å².